The predicted molar refractivity (Wildman–Crippen MR) is 109 cm³/mol. The van der Waals surface area contributed by atoms with Gasteiger partial charge in [0.1, 0.15) is 12.3 Å². The Hall–Kier alpha value is -2.47. The molecule has 0 aliphatic heterocycles. The van der Waals surface area contributed by atoms with E-state index in [0.29, 0.717) is 5.02 Å². The third-order valence-electron chi connectivity index (χ3n) is 3.67. The number of halogens is 4. The van der Waals surface area contributed by atoms with Crippen molar-refractivity contribution in [3.8, 4) is 5.75 Å². The van der Waals surface area contributed by atoms with Gasteiger partial charge in [0, 0.05) is 17.8 Å². The van der Waals surface area contributed by atoms with Crippen LogP contribution in [0, 0.1) is 0 Å². The zero-order valence-electron chi connectivity index (χ0n) is 15.8. The number of hydrogen-bond acceptors (Lipinski definition) is 6. The minimum Gasteiger partial charge on any atom is -0.455 e. The molecular formula is C18H16Cl2F2N2O6S. The second-order valence-electron chi connectivity index (χ2n) is 5.95. The van der Waals surface area contributed by atoms with Gasteiger partial charge in [0.2, 0.25) is 10.0 Å². The van der Waals surface area contributed by atoms with Gasteiger partial charge in [-0.05, 0) is 42.5 Å². The van der Waals surface area contributed by atoms with Crippen LogP contribution in [0.2, 0.25) is 10.0 Å². The van der Waals surface area contributed by atoms with Crippen LogP contribution < -0.4 is 10.1 Å². The highest BCUT2D eigenvalue weighted by Crippen LogP contribution is 2.28. The summed E-state index contributed by atoms with van der Waals surface area (Å²) in [6.45, 7) is -4.40. The maximum absolute atomic E-state index is 12.4. The van der Waals surface area contributed by atoms with Crippen molar-refractivity contribution in [2.75, 3.05) is 25.5 Å². The van der Waals surface area contributed by atoms with Crippen molar-refractivity contribution in [2.24, 2.45) is 0 Å². The van der Waals surface area contributed by atoms with Crippen molar-refractivity contribution in [1.82, 2.24) is 4.31 Å². The van der Waals surface area contributed by atoms with Gasteiger partial charge in [-0.25, -0.2) is 8.42 Å². The molecular weight excluding hydrogens is 481 g/mol. The van der Waals surface area contributed by atoms with E-state index in [1.807, 2.05) is 0 Å². The first-order chi connectivity index (χ1) is 14.5. The van der Waals surface area contributed by atoms with E-state index >= 15 is 0 Å². The SMILES string of the molecule is CN(CC(=O)OCC(=O)Nc1ccc(OC(F)F)c(Cl)c1)S(=O)(=O)c1ccc(Cl)cc1. The van der Waals surface area contributed by atoms with E-state index in [9.17, 15) is 26.8 Å². The fourth-order valence-corrected chi connectivity index (χ4v) is 3.68. The van der Waals surface area contributed by atoms with Gasteiger partial charge < -0.3 is 14.8 Å². The molecule has 0 aliphatic rings. The standard InChI is InChI=1S/C18H16Cl2F2N2O6S/c1-24(31(27,28)13-5-2-11(19)3-6-13)9-17(26)29-10-16(25)23-12-4-7-15(14(20)8-12)30-18(21)22/h2-8,18H,9-10H2,1H3,(H,23,25). The molecule has 0 aromatic heterocycles. The number of ether oxygens (including phenoxy) is 2. The molecule has 8 nitrogen and oxygen atoms in total. The summed E-state index contributed by atoms with van der Waals surface area (Å²) < 4.78 is 59.0. The van der Waals surface area contributed by atoms with Crippen LogP contribution >= 0.6 is 23.2 Å². The molecule has 168 valence electrons. The number of hydrogen-bond donors (Lipinski definition) is 1. The van der Waals surface area contributed by atoms with Gasteiger partial charge in [0.05, 0.1) is 9.92 Å². The number of anilines is 1. The summed E-state index contributed by atoms with van der Waals surface area (Å²) in [6, 6.07) is 8.92. The lowest BCUT2D eigenvalue weighted by atomic mass is 10.3. The van der Waals surface area contributed by atoms with Crippen LogP contribution in [-0.4, -0.2) is 51.4 Å². The van der Waals surface area contributed by atoms with Crippen molar-refractivity contribution in [1.29, 1.82) is 0 Å². The third-order valence-corrected chi connectivity index (χ3v) is 6.03. The normalized spacial score (nSPS) is 11.5. The van der Waals surface area contributed by atoms with Crippen molar-refractivity contribution in [3.05, 3.63) is 52.5 Å². The first-order valence-corrected chi connectivity index (χ1v) is 10.6. The molecule has 2 aromatic carbocycles. The molecule has 0 saturated heterocycles. The minimum absolute atomic E-state index is 0.0684. The molecule has 0 spiro atoms. The van der Waals surface area contributed by atoms with E-state index in [4.69, 9.17) is 27.9 Å². The lowest BCUT2D eigenvalue weighted by molar-refractivity contribution is -0.147. The van der Waals surface area contributed by atoms with Gasteiger partial charge in [-0.1, -0.05) is 23.2 Å². The number of benzene rings is 2. The lowest BCUT2D eigenvalue weighted by Crippen LogP contribution is -2.34. The van der Waals surface area contributed by atoms with Gasteiger partial charge >= 0.3 is 12.6 Å². The van der Waals surface area contributed by atoms with Crippen LogP contribution in [-0.2, 0) is 24.3 Å². The van der Waals surface area contributed by atoms with E-state index in [1.54, 1.807) is 0 Å². The Morgan fingerprint density at radius 3 is 2.35 bits per heavy atom. The predicted octanol–water partition coefficient (Wildman–Crippen LogP) is 3.40. The second kappa shape index (κ2) is 10.7. The molecule has 1 N–H and O–H groups in total. The summed E-state index contributed by atoms with van der Waals surface area (Å²) in [5.41, 5.74) is 0.148. The summed E-state index contributed by atoms with van der Waals surface area (Å²) >= 11 is 11.5. The van der Waals surface area contributed by atoms with Crippen LogP contribution in [0.1, 0.15) is 0 Å². The fourth-order valence-electron chi connectivity index (χ4n) is 2.21. The van der Waals surface area contributed by atoms with E-state index in [2.05, 4.69) is 10.1 Å². The number of rotatable bonds is 9. The number of nitrogens with one attached hydrogen (secondary N) is 1. The molecule has 0 atom stereocenters. The van der Waals surface area contributed by atoms with Crippen molar-refractivity contribution < 1.29 is 36.3 Å². The molecule has 0 bridgehead atoms. The highest BCUT2D eigenvalue weighted by molar-refractivity contribution is 7.89. The first kappa shape index (κ1) is 24.8. The van der Waals surface area contributed by atoms with Crippen LogP contribution in [0.5, 0.6) is 5.75 Å². The molecule has 0 heterocycles. The highest BCUT2D eigenvalue weighted by Gasteiger charge is 2.24. The molecule has 31 heavy (non-hydrogen) atoms. The zero-order chi connectivity index (χ0) is 23.2. The summed E-state index contributed by atoms with van der Waals surface area (Å²) in [5, 5.41) is 2.53. The van der Waals surface area contributed by atoms with Crippen molar-refractivity contribution >= 4 is 50.8 Å². The topological polar surface area (TPSA) is 102 Å². The van der Waals surface area contributed by atoms with Gasteiger partial charge in [0.25, 0.3) is 5.91 Å². The summed E-state index contributed by atoms with van der Waals surface area (Å²) in [4.78, 5) is 23.7. The van der Waals surface area contributed by atoms with E-state index in [1.165, 1.54) is 43.4 Å². The Kier molecular flexibility index (Phi) is 8.57. The lowest BCUT2D eigenvalue weighted by Gasteiger charge is -2.16. The molecule has 0 fully saturated rings. The van der Waals surface area contributed by atoms with Crippen LogP contribution in [0.15, 0.2) is 47.4 Å². The number of alkyl halides is 2. The van der Waals surface area contributed by atoms with E-state index in [-0.39, 0.29) is 21.4 Å². The summed E-state index contributed by atoms with van der Waals surface area (Å²) in [7, 11) is -2.79. The van der Waals surface area contributed by atoms with Gasteiger partial charge in [-0.15, -0.1) is 0 Å². The number of amides is 1. The Bertz CT molecular complexity index is 1050. The first-order valence-electron chi connectivity index (χ1n) is 8.41. The molecule has 0 unspecified atom stereocenters. The van der Waals surface area contributed by atoms with Crippen LogP contribution in [0.3, 0.4) is 0 Å². The number of likely N-dealkylation sites (N-methyl/N-ethyl adjacent to an activating group) is 1. The number of carbonyl (C=O) groups excluding carboxylic acids is 2. The Morgan fingerprint density at radius 2 is 1.77 bits per heavy atom. The number of carbonyl (C=O) groups is 2. The van der Waals surface area contributed by atoms with Gasteiger partial charge in [-0.2, -0.15) is 13.1 Å². The average Bonchev–Trinajstić information content (AvgIpc) is 2.68. The quantitative estimate of drug-likeness (QED) is 0.533. The van der Waals surface area contributed by atoms with Gasteiger partial charge in [-0.3, -0.25) is 9.59 Å². The van der Waals surface area contributed by atoms with E-state index < -0.39 is 41.7 Å². The second-order valence-corrected chi connectivity index (χ2v) is 8.84. The molecule has 0 saturated carbocycles. The van der Waals surface area contributed by atoms with Crippen LogP contribution in [0.4, 0.5) is 14.5 Å². The number of nitrogens with zero attached hydrogens (tertiary/aromatic N) is 1. The third kappa shape index (κ3) is 7.31. The monoisotopic (exact) mass is 496 g/mol. The van der Waals surface area contributed by atoms with Gasteiger partial charge in [0.15, 0.2) is 6.61 Å². The number of esters is 1. The Balaban J connectivity index is 1.87. The molecule has 13 heteroatoms. The summed E-state index contributed by atoms with van der Waals surface area (Å²) in [5.74, 6) is -1.99. The number of sulfonamides is 1. The smallest absolute Gasteiger partial charge is 0.387 e. The highest BCUT2D eigenvalue weighted by atomic mass is 35.5. The minimum atomic E-state index is -3.96. The average molecular weight is 497 g/mol. The summed E-state index contributed by atoms with van der Waals surface area (Å²) in [6.07, 6.45) is 0. The maximum Gasteiger partial charge on any atom is 0.387 e. The Labute approximate surface area is 186 Å². The van der Waals surface area contributed by atoms with Crippen molar-refractivity contribution in [3.63, 3.8) is 0 Å². The molecule has 2 aromatic rings. The largest absolute Gasteiger partial charge is 0.455 e. The van der Waals surface area contributed by atoms with E-state index in [0.717, 1.165) is 10.4 Å². The molecule has 0 radical (unpaired) electrons. The van der Waals surface area contributed by atoms with Crippen LogP contribution in [0.25, 0.3) is 0 Å². The maximum atomic E-state index is 12.4. The Morgan fingerprint density at radius 1 is 1.13 bits per heavy atom. The fraction of sp³-hybridized carbons (Fsp3) is 0.222. The zero-order valence-corrected chi connectivity index (χ0v) is 18.2. The van der Waals surface area contributed by atoms with Crippen molar-refractivity contribution in [2.45, 2.75) is 11.5 Å². The molecule has 1 amide bonds. The molecule has 2 rings (SSSR count). The molecule has 0 aliphatic carbocycles.